The Labute approximate surface area is 210 Å². The first-order valence-electron chi connectivity index (χ1n) is 12.0. The number of carbonyl (C=O) groups is 2. The van der Waals surface area contributed by atoms with Crippen molar-refractivity contribution in [2.45, 2.75) is 75.9 Å². The molecule has 0 radical (unpaired) electrons. The van der Waals surface area contributed by atoms with Crippen LogP contribution in [0.1, 0.15) is 47.4 Å². The van der Waals surface area contributed by atoms with Crippen LogP contribution < -0.4 is 0 Å². The zero-order chi connectivity index (χ0) is 25.7. The molecule has 2 aromatic carbocycles. The van der Waals surface area contributed by atoms with Crippen LogP contribution in [0.15, 0.2) is 60.7 Å². The van der Waals surface area contributed by atoms with E-state index < -0.39 is 61.1 Å². The molecule has 0 aliphatic carbocycles. The van der Waals surface area contributed by atoms with E-state index in [-0.39, 0.29) is 6.42 Å². The summed E-state index contributed by atoms with van der Waals surface area (Å²) in [6, 6.07) is 17.2. The fraction of sp³-hybridized carbons (Fsp3) is 0.481. The minimum atomic E-state index is -1.02. The van der Waals surface area contributed by atoms with Crippen LogP contribution in [0.2, 0.25) is 0 Å². The molecule has 2 saturated heterocycles. The molecule has 2 aliphatic rings. The van der Waals surface area contributed by atoms with E-state index in [0.29, 0.717) is 17.5 Å². The molecule has 0 spiro atoms. The van der Waals surface area contributed by atoms with Crippen molar-refractivity contribution in [3.05, 3.63) is 71.8 Å². The van der Waals surface area contributed by atoms with Crippen molar-refractivity contribution in [1.82, 2.24) is 0 Å². The highest BCUT2D eigenvalue weighted by Gasteiger charge is 2.45. The normalized spacial score (nSPS) is 32.4. The first-order valence-corrected chi connectivity index (χ1v) is 12.0. The lowest BCUT2D eigenvalue weighted by atomic mass is 10.00. The van der Waals surface area contributed by atoms with Gasteiger partial charge in [0.2, 0.25) is 0 Å². The molecule has 2 aromatic rings. The van der Waals surface area contributed by atoms with Crippen molar-refractivity contribution in [2.75, 3.05) is 7.11 Å². The summed E-state index contributed by atoms with van der Waals surface area (Å²) in [5, 5.41) is 10.6. The number of carbonyl (C=O) groups excluding carboxylic acids is 2. The lowest BCUT2D eigenvalue weighted by molar-refractivity contribution is -0.302. The van der Waals surface area contributed by atoms with Crippen LogP contribution in [0.3, 0.4) is 0 Å². The molecule has 0 bridgehead atoms. The van der Waals surface area contributed by atoms with Gasteiger partial charge in [0, 0.05) is 20.0 Å². The topological polar surface area (TPSA) is 110 Å². The Morgan fingerprint density at radius 2 is 1.31 bits per heavy atom. The number of esters is 2. The molecule has 9 nitrogen and oxygen atoms in total. The standard InChI is InChI=1S/C27H32O9/c1-16-24(28)20(35-26(29)18-10-6-4-7-11-18)14-23(32-16)34-21-15-22(31-3)33-17(2)25(21)36-27(30)19-12-8-5-9-13-19/h4-13,16-17,20-25,28H,14-15H2,1-3H3/t16-,17-,20-,21-,22-,23+,24-,25-/m1/s1. The van der Waals surface area contributed by atoms with Crippen molar-refractivity contribution in [1.29, 1.82) is 0 Å². The molecule has 0 amide bonds. The van der Waals surface area contributed by atoms with Crippen molar-refractivity contribution in [3.8, 4) is 0 Å². The largest absolute Gasteiger partial charge is 0.456 e. The highest BCUT2D eigenvalue weighted by Crippen LogP contribution is 2.31. The second kappa shape index (κ2) is 11.9. The monoisotopic (exact) mass is 500 g/mol. The quantitative estimate of drug-likeness (QED) is 0.574. The van der Waals surface area contributed by atoms with Crippen LogP contribution in [0.25, 0.3) is 0 Å². The minimum absolute atomic E-state index is 0.104. The predicted molar refractivity (Wildman–Crippen MR) is 127 cm³/mol. The molecular formula is C27H32O9. The number of aliphatic hydroxyl groups excluding tert-OH is 1. The zero-order valence-electron chi connectivity index (χ0n) is 20.5. The first-order chi connectivity index (χ1) is 17.4. The first kappa shape index (κ1) is 26.2. The highest BCUT2D eigenvalue weighted by molar-refractivity contribution is 5.89. The Bertz CT molecular complexity index is 999. The Morgan fingerprint density at radius 3 is 1.89 bits per heavy atom. The fourth-order valence-corrected chi connectivity index (χ4v) is 4.41. The summed E-state index contributed by atoms with van der Waals surface area (Å²) in [5.74, 6) is -1.04. The minimum Gasteiger partial charge on any atom is -0.456 e. The average molecular weight is 501 g/mol. The van der Waals surface area contributed by atoms with Crippen molar-refractivity contribution in [2.24, 2.45) is 0 Å². The van der Waals surface area contributed by atoms with Gasteiger partial charge >= 0.3 is 11.9 Å². The van der Waals surface area contributed by atoms with Crippen LogP contribution >= 0.6 is 0 Å². The molecule has 194 valence electrons. The van der Waals surface area contributed by atoms with Crippen LogP contribution in [-0.2, 0) is 28.4 Å². The second-order valence-corrected chi connectivity index (χ2v) is 8.96. The van der Waals surface area contributed by atoms with Gasteiger partial charge in [-0.05, 0) is 38.1 Å². The number of hydrogen-bond acceptors (Lipinski definition) is 9. The Hall–Kier alpha value is -2.82. The maximum Gasteiger partial charge on any atom is 0.338 e. The number of hydrogen-bond donors (Lipinski definition) is 1. The van der Waals surface area contributed by atoms with E-state index in [1.165, 1.54) is 7.11 Å². The van der Waals surface area contributed by atoms with Gasteiger partial charge in [0.05, 0.1) is 23.3 Å². The van der Waals surface area contributed by atoms with Gasteiger partial charge in [0.1, 0.15) is 18.3 Å². The van der Waals surface area contributed by atoms with E-state index in [0.717, 1.165) is 0 Å². The zero-order valence-corrected chi connectivity index (χ0v) is 20.5. The summed E-state index contributed by atoms with van der Waals surface area (Å²) >= 11 is 0. The highest BCUT2D eigenvalue weighted by atomic mass is 16.7. The molecule has 2 heterocycles. The Morgan fingerprint density at radius 1 is 0.778 bits per heavy atom. The summed E-state index contributed by atoms with van der Waals surface area (Å²) in [7, 11) is 1.53. The predicted octanol–water partition coefficient (Wildman–Crippen LogP) is 3.10. The Kier molecular flexibility index (Phi) is 8.71. The number of aliphatic hydroxyl groups is 1. The molecule has 1 N–H and O–H groups in total. The smallest absolute Gasteiger partial charge is 0.338 e. The average Bonchev–Trinajstić information content (AvgIpc) is 2.89. The SMILES string of the molecule is CO[C@H]1C[C@@H](O[C@H]2C[C@@H](OC(=O)c3ccccc3)[C@H](O)[C@@H](C)O2)[C@H](OC(=O)c2ccccc2)[C@@H](C)O1. The van der Waals surface area contributed by atoms with Gasteiger partial charge in [-0.1, -0.05) is 36.4 Å². The second-order valence-electron chi connectivity index (χ2n) is 8.96. The lowest BCUT2D eigenvalue weighted by Crippen LogP contribution is -2.55. The van der Waals surface area contributed by atoms with E-state index in [2.05, 4.69) is 0 Å². The maximum absolute atomic E-state index is 12.8. The molecule has 0 saturated carbocycles. The van der Waals surface area contributed by atoms with Crippen molar-refractivity contribution < 1.29 is 43.1 Å². The molecular weight excluding hydrogens is 468 g/mol. The van der Waals surface area contributed by atoms with Gasteiger partial charge in [0.15, 0.2) is 18.7 Å². The molecule has 0 aromatic heterocycles. The third-order valence-corrected chi connectivity index (χ3v) is 6.38. The summed E-state index contributed by atoms with van der Waals surface area (Å²) < 4.78 is 34.8. The Balaban J connectivity index is 1.46. The van der Waals surface area contributed by atoms with Gasteiger partial charge in [-0.15, -0.1) is 0 Å². The third-order valence-electron chi connectivity index (χ3n) is 6.38. The number of methoxy groups -OCH3 is 1. The van der Waals surface area contributed by atoms with E-state index in [1.54, 1.807) is 68.4 Å². The fourth-order valence-electron chi connectivity index (χ4n) is 4.41. The molecule has 36 heavy (non-hydrogen) atoms. The van der Waals surface area contributed by atoms with Gasteiger partial charge in [-0.25, -0.2) is 9.59 Å². The summed E-state index contributed by atoms with van der Waals surface area (Å²) in [5.41, 5.74) is 0.797. The lowest BCUT2D eigenvalue weighted by Gasteiger charge is -2.43. The molecule has 9 heteroatoms. The molecule has 8 atom stereocenters. The summed E-state index contributed by atoms with van der Waals surface area (Å²) in [4.78, 5) is 25.4. The molecule has 2 fully saturated rings. The van der Waals surface area contributed by atoms with Crippen molar-refractivity contribution >= 4 is 11.9 Å². The number of rotatable bonds is 7. The van der Waals surface area contributed by atoms with E-state index >= 15 is 0 Å². The summed E-state index contributed by atoms with van der Waals surface area (Å²) in [6.45, 7) is 3.46. The number of ether oxygens (including phenoxy) is 6. The van der Waals surface area contributed by atoms with Crippen LogP contribution in [0.4, 0.5) is 0 Å². The van der Waals surface area contributed by atoms with E-state index in [9.17, 15) is 14.7 Å². The molecule has 0 unspecified atom stereocenters. The maximum atomic E-state index is 12.8. The van der Waals surface area contributed by atoms with E-state index in [4.69, 9.17) is 28.4 Å². The van der Waals surface area contributed by atoms with Crippen LogP contribution in [-0.4, -0.2) is 73.4 Å². The van der Waals surface area contributed by atoms with Gasteiger partial charge in [-0.3, -0.25) is 0 Å². The van der Waals surface area contributed by atoms with Gasteiger partial charge in [-0.2, -0.15) is 0 Å². The third kappa shape index (κ3) is 6.29. The van der Waals surface area contributed by atoms with Gasteiger partial charge < -0.3 is 33.5 Å². The molecule has 4 rings (SSSR count). The van der Waals surface area contributed by atoms with Crippen molar-refractivity contribution in [3.63, 3.8) is 0 Å². The number of benzene rings is 2. The molecule has 2 aliphatic heterocycles. The van der Waals surface area contributed by atoms with Gasteiger partial charge in [0.25, 0.3) is 0 Å². The summed E-state index contributed by atoms with van der Waals surface area (Å²) in [6.07, 6.45) is -5.37. The van der Waals surface area contributed by atoms with Crippen LogP contribution in [0, 0.1) is 0 Å². The van der Waals surface area contributed by atoms with E-state index in [1.807, 2.05) is 6.07 Å². The van der Waals surface area contributed by atoms with Crippen LogP contribution in [0.5, 0.6) is 0 Å².